The number of rotatable bonds is 6. The van der Waals surface area contributed by atoms with Gasteiger partial charge in [-0.05, 0) is 45.4 Å². The molecule has 0 saturated carbocycles. The Kier molecular flexibility index (Phi) is 6.77. The quantitative estimate of drug-likeness (QED) is 0.766. The number of hydrogen-bond donors (Lipinski definition) is 2. The summed E-state index contributed by atoms with van der Waals surface area (Å²) >= 11 is 0. The zero-order valence-corrected chi connectivity index (χ0v) is 18.3. The number of hydrogen-bond acceptors (Lipinski definition) is 3. The molecule has 1 aliphatic heterocycles. The van der Waals surface area contributed by atoms with E-state index in [-0.39, 0.29) is 36.5 Å². The first-order valence-electron chi connectivity index (χ1n) is 10.5. The Balaban J connectivity index is 1.82. The molecule has 160 valence electrons. The summed E-state index contributed by atoms with van der Waals surface area (Å²) in [6, 6.07) is 17.4. The summed E-state index contributed by atoms with van der Waals surface area (Å²) in [5.74, 6) is 0.649. The van der Waals surface area contributed by atoms with Crippen molar-refractivity contribution in [1.29, 1.82) is 0 Å². The molecule has 0 saturated heterocycles. The van der Waals surface area contributed by atoms with Gasteiger partial charge < -0.3 is 15.0 Å². The molecule has 6 nitrogen and oxygen atoms in total. The summed E-state index contributed by atoms with van der Waals surface area (Å²) in [5, 5.41) is 2.98. The molecular weight excluding hydrogens is 378 g/mol. The lowest BCUT2D eigenvalue weighted by Crippen LogP contribution is -3.14. The largest absolute Gasteiger partial charge is 0.489 e. The van der Waals surface area contributed by atoms with E-state index in [0.717, 1.165) is 16.2 Å². The van der Waals surface area contributed by atoms with Crippen LogP contribution in [0.1, 0.15) is 39.3 Å². The number of likely N-dealkylation sites (N-methyl/N-ethyl adjacent to an activating group) is 1. The molecule has 2 aromatic carbocycles. The van der Waals surface area contributed by atoms with Crippen LogP contribution < -0.4 is 19.9 Å². The summed E-state index contributed by atoms with van der Waals surface area (Å²) in [6.07, 6.45) is 0. The molecule has 1 heterocycles. The van der Waals surface area contributed by atoms with Crippen LogP contribution in [0.4, 0.5) is 5.69 Å². The second-order valence-electron chi connectivity index (χ2n) is 8.72. The smallest absolute Gasteiger partial charge is 0.282 e. The van der Waals surface area contributed by atoms with E-state index in [4.69, 9.17) is 4.74 Å². The van der Waals surface area contributed by atoms with Crippen LogP contribution in [0.3, 0.4) is 0 Å². The number of ether oxygens (including phenoxy) is 1. The molecule has 2 amide bonds. The summed E-state index contributed by atoms with van der Waals surface area (Å²) in [5.41, 5.74) is 1.52. The van der Waals surface area contributed by atoms with Gasteiger partial charge in [0.1, 0.15) is 12.4 Å². The minimum absolute atomic E-state index is 0.0139. The van der Waals surface area contributed by atoms with E-state index >= 15 is 0 Å². The fourth-order valence-electron chi connectivity index (χ4n) is 3.72. The molecule has 30 heavy (non-hydrogen) atoms. The minimum Gasteiger partial charge on any atom is -0.489 e. The van der Waals surface area contributed by atoms with Crippen LogP contribution in [0.25, 0.3) is 0 Å². The van der Waals surface area contributed by atoms with Gasteiger partial charge in [0.25, 0.3) is 11.8 Å². The number of fused-ring (bicyclic) bond motifs is 1. The number of carbonyl (C=O) groups is 2. The van der Waals surface area contributed by atoms with Gasteiger partial charge in [0.15, 0.2) is 13.1 Å². The van der Waals surface area contributed by atoms with E-state index in [1.807, 2.05) is 87.2 Å². The molecule has 0 fully saturated rings. The van der Waals surface area contributed by atoms with Crippen molar-refractivity contribution in [3.05, 3.63) is 60.2 Å². The number of quaternary nitrogens is 1. The van der Waals surface area contributed by atoms with E-state index in [1.54, 1.807) is 0 Å². The summed E-state index contributed by atoms with van der Waals surface area (Å²) in [4.78, 5) is 28.7. The predicted octanol–water partition coefficient (Wildman–Crippen LogP) is 1.97. The van der Waals surface area contributed by atoms with Crippen molar-refractivity contribution >= 4 is 17.5 Å². The predicted molar refractivity (Wildman–Crippen MR) is 118 cm³/mol. The topological polar surface area (TPSA) is 63.1 Å². The Labute approximate surface area is 178 Å². The number of anilines is 1. The van der Waals surface area contributed by atoms with E-state index in [1.165, 1.54) is 0 Å². The highest BCUT2D eigenvalue weighted by Crippen LogP contribution is 2.39. The maximum atomic E-state index is 13.5. The van der Waals surface area contributed by atoms with Crippen LogP contribution in [-0.4, -0.2) is 43.6 Å². The molecule has 0 radical (unpaired) electrons. The second kappa shape index (κ2) is 9.30. The van der Waals surface area contributed by atoms with Gasteiger partial charge in [0.2, 0.25) is 0 Å². The maximum Gasteiger partial charge on any atom is 0.282 e. The summed E-state index contributed by atoms with van der Waals surface area (Å²) < 4.78 is 5.96. The van der Waals surface area contributed by atoms with Gasteiger partial charge in [-0.3, -0.25) is 14.5 Å². The van der Waals surface area contributed by atoms with Crippen molar-refractivity contribution in [1.82, 2.24) is 5.32 Å². The monoisotopic (exact) mass is 410 g/mol. The third-order valence-corrected chi connectivity index (χ3v) is 5.11. The van der Waals surface area contributed by atoms with Crippen molar-refractivity contribution in [3.8, 4) is 5.75 Å². The molecule has 6 heteroatoms. The normalized spacial score (nSPS) is 16.9. The van der Waals surface area contributed by atoms with E-state index < -0.39 is 0 Å². The lowest BCUT2D eigenvalue weighted by molar-refractivity contribution is -0.881. The van der Waals surface area contributed by atoms with Gasteiger partial charge in [-0.15, -0.1) is 0 Å². The third-order valence-electron chi connectivity index (χ3n) is 5.11. The average molecular weight is 411 g/mol. The van der Waals surface area contributed by atoms with Crippen LogP contribution in [0.5, 0.6) is 5.75 Å². The Morgan fingerprint density at radius 1 is 1.07 bits per heavy atom. The molecule has 0 bridgehead atoms. The fraction of sp³-hybridized carbons (Fsp3) is 0.417. The fourth-order valence-corrected chi connectivity index (χ4v) is 3.72. The van der Waals surface area contributed by atoms with Gasteiger partial charge in [0, 0.05) is 5.54 Å². The Morgan fingerprint density at radius 2 is 1.73 bits per heavy atom. The molecular formula is C24H32N3O3+. The van der Waals surface area contributed by atoms with Crippen LogP contribution >= 0.6 is 0 Å². The SMILES string of the molecule is CC[NH+](CC(=O)NC(C)(C)C)CC(=O)N1c2ccccc2OC[C@@H]1c1ccccc1. The highest BCUT2D eigenvalue weighted by molar-refractivity contribution is 5.97. The molecule has 2 aromatic rings. The number of nitrogens with one attached hydrogen (secondary N) is 2. The zero-order valence-electron chi connectivity index (χ0n) is 18.3. The lowest BCUT2D eigenvalue weighted by Gasteiger charge is -2.37. The number of benzene rings is 2. The molecule has 0 spiro atoms. The lowest BCUT2D eigenvalue weighted by atomic mass is 10.0. The highest BCUT2D eigenvalue weighted by atomic mass is 16.5. The number of carbonyl (C=O) groups excluding carboxylic acids is 2. The summed E-state index contributed by atoms with van der Waals surface area (Å²) in [6.45, 7) is 9.45. The van der Waals surface area contributed by atoms with Gasteiger partial charge >= 0.3 is 0 Å². The van der Waals surface area contributed by atoms with Crippen LogP contribution in [-0.2, 0) is 9.59 Å². The summed E-state index contributed by atoms with van der Waals surface area (Å²) in [7, 11) is 0. The van der Waals surface area contributed by atoms with Crippen LogP contribution in [0.2, 0.25) is 0 Å². The molecule has 0 aromatic heterocycles. The van der Waals surface area contributed by atoms with Gasteiger partial charge in [-0.2, -0.15) is 0 Å². The molecule has 2 N–H and O–H groups in total. The number of nitrogens with zero attached hydrogens (tertiary/aromatic N) is 1. The van der Waals surface area contributed by atoms with Crippen molar-refractivity contribution in [3.63, 3.8) is 0 Å². The molecule has 0 aliphatic carbocycles. The van der Waals surface area contributed by atoms with Gasteiger partial charge in [0.05, 0.1) is 18.3 Å². The first-order chi connectivity index (χ1) is 14.3. The maximum absolute atomic E-state index is 13.5. The second-order valence-corrected chi connectivity index (χ2v) is 8.72. The van der Waals surface area contributed by atoms with Crippen molar-refractivity contribution in [2.45, 2.75) is 39.3 Å². The Morgan fingerprint density at radius 3 is 2.40 bits per heavy atom. The van der Waals surface area contributed by atoms with Crippen molar-refractivity contribution in [2.24, 2.45) is 0 Å². The Bertz CT molecular complexity index is 877. The number of para-hydroxylation sites is 2. The first kappa shape index (κ1) is 21.8. The van der Waals surface area contributed by atoms with E-state index in [0.29, 0.717) is 18.9 Å². The van der Waals surface area contributed by atoms with Gasteiger partial charge in [-0.25, -0.2) is 0 Å². The average Bonchev–Trinajstić information content (AvgIpc) is 2.71. The van der Waals surface area contributed by atoms with E-state index in [9.17, 15) is 9.59 Å². The Hall–Kier alpha value is -2.86. The third kappa shape index (κ3) is 5.39. The van der Waals surface area contributed by atoms with Crippen LogP contribution in [0.15, 0.2) is 54.6 Å². The standard InChI is InChI=1S/C24H31N3O3/c1-5-26(15-22(28)25-24(2,3)4)16-23(29)27-19-13-9-10-14-21(19)30-17-20(27)18-11-7-6-8-12-18/h6-14,20H,5,15-17H2,1-4H3,(H,25,28)/p+1/t20-/m1/s1. The minimum atomic E-state index is -0.290. The number of amides is 2. The molecule has 1 unspecified atom stereocenters. The molecule has 2 atom stereocenters. The van der Waals surface area contributed by atoms with Crippen LogP contribution in [0, 0.1) is 0 Å². The zero-order chi connectivity index (χ0) is 21.7. The molecule has 3 rings (SSSR count). The van der Waals surface area contributed by atoms with Crippen molar-refractivity contribution < 1.29 is 19.2 Å². The first-order valence-corrected chi connectivity index (χ1v) is 10.5. The van der Waals surface area contributed by atoms with Crippen molar-refractivity contribution in [2.75, 3.05) is 31.1 Å². The van der Waals surface area contributed by atoms with Gasteiger partial charge in [-0.1, -0.05) is 42.5 Å². The molecule has 1 aliphatic rings. The van der Waals surface area contributed by atoms with E-state index in [2.05, 4.69) is 5.32 Å². The highest BCUT2D eigenvalue weighted by Gasteiger charge is 2.35.